The van der Waals surface area contributed by atoms with Crippen molar-refractivity contribution in [1.82, 2.24) is 14.5 Å². The molecule has 23 heavy (non-hydrogen) atoms. The summed E-state index contributed by atoms with van der Waals surface area (Å²) in [4.78, 5) is 8.76. The van der Waals surface area contributed by atoms with Crippen LogP contribution in [-0.2, 0) is 14.2 Å². The van der Waals surface area contributed by atoms with E-state index >= 15 is 0 Å². The minimum atomic E-state index is -0.340. The van der Waals surface area contributed by atoms with Gasteiger partial charge in [-0.05, 0) is 26.3 Å². The van der Waals surface area contributed by atoms with Gasteiger partial charge in [0, 0.05) is 13.3 Å². The molecule has 1 saturated heterocycles. The number of hydrogen-bond acceptors (Lipinski definition) is 6. The molecule has 3 heterocycles. The van der Waals surface area contributed by atoms with E-state index in [1.165, 1.54) is 0 Å². The van der Waals surface area contributed by atoms with E-state index in [0.717, 1.165) is 6.42 Å². The molecule has 7 nitrogen and oxygen atoms in total. The van der Waals surface area contributed by atoms with Crippen LogP contribution in [-0.4, -0.2) is 46.1 Å². The van der Waals surface area contributed by atoms with Gasteiger partial charge in [-0.1, -0.05) is 6.92 Å². The van der Waals surface area contributed by atoms with Gasteiger partial charge in [-0.25, -0.2) is 9.97 Å². The Hall–Kier alpha value is -1.70. The van der Waals surface area contributed by atoms with E-state index in [9.17, 15) is 0 Å². The van der Waals surface area contributed by atoms with E-state index < -0.39 is 0 Å². The molecule has 0 aromatic carbocycles. The average Bonchev–Trinajstić information content (AvgIpc) is 3.08. The predicted molar refractivity (Wildman–Crippen MR) is 86.9 cm³/mol. The SMILES string of the molecule is CC[C@H]1O[C@@H](n2cnc3c(N)ccnc32)C(OC)[C@H]1OC(C)C. The Bertz CT molecular complexity index is 672. The summed E-state index contributed by atoms with van der Waals surface area (Å²) in [6.07, 6.45) is 3.58. The van der Waals surface area contributed by atoms with E-state index in [2.05, 4.69) is 16.9 Å². The highest BCUT2D eigenvalue weighted by Crippen LogP contribution is 2.37. The third-order valence-corrected chi connectivity index (χ3v) is 4.16. The molecular weight excluding hydrogens is 296 g/mol. The molecule has 2 N–H and O–H groups in total. The number of aromatic nitrogens is 3. The first-order chi connectivity index (χ1) is 11.1. The lowest BCUT2D eigenvalue weighted by Gasteiger charge is -2.25. The van der Waals surface area contributed by atoms with Gasteiger partial charge < -0.3 is 19.9 Å². The Kier molecular flexibility index (Phi) is 4.52. The highest BCUT2D eigenvalue weighted by Gasteiger charge is 2.46. The first kappa shape index (κ1) is 16.2. The van der Waals surface area contributed by atoms with Gasteiger partial charge in [0.2, 0.25) is 0 Å². The fourth-order valence-electron chi connectivity index (χ4n) is 3.13. The maximum Gasteiger partial charge on any atom is 0.166 e. The monoisotopic (exact) mass is 320 g/mol. The third kappa shape index (κ3) is 2.80. The van der Waals surface area contributed by atoms with E-state index in [0.29, 0.717) is 16.9 Å². The van der Waals surface area contributed by atoms with Gasteiger partial charge in [-0.15, -0.1) is 0 Å². The van der Waals surface area contributed by atoms with Gasteiger partial charge in [-0.3, -0.25) is 4.57 Å². The molecule has 0 saturated carbocycles. The fraction of sp³-hybridized carbons (Fsp3) is 0.625. The highest BCUT2D eigenvalue weighted by atomic mass is 16.6. The molecule has 1 fully saturated rings. The molecule has 0 radical (unpaired) electrons. The van der Waals surface area contributed by atoms with Crippen LogP contribution in [0.25, 0.3) is 11.2 Å². The largest absolute Gasteiger partial charge is 0.397 e. The second-order valence-corrected chi connectivity index (χ2v) is 6.05. The lowest BCUT2D eigenvalue weighted by molar-refractivity contribution is -0.0786. The Labute approximate surface area is 135 Å². The van der Waals surface area contributed by atoms with Crippen molar-refractivity contribution >= 4 is 16.9 Å². The van der Waals surface area contributed by atoms with Crippen LogP contribution in [0, 0.1) is 0 Å². The maximum atomic E-state index is 6.21. The molecule has 0 spiro atoms. The van der Waals surface area contributed by atoms with Gasteiger partial charge in [0.15, 0.2) is 11.9 Å². The molecule has 126 valence electrons. The number of pyridine rings is 1. The van der Waals surface area contributed by atoms with Crippen LogP contribution in [0.1, 0.15) is 33.4 Å². The molecule has 7 heteroatoms. The summed E-state index contributed by atoms with van der Waals surface area (Å²) in [5, 5.41) is 0. The lowest BCUT2D eigenvalue weighted by Crippen LogP contribution is -2.37. The van der Waals surface area contributed by atoms with Crippen molar-refractivity contribution in [2.45, 2.75) is 57.8 Å². The second-order valence-electron chi connectivity index (χ2n) is 6.05. The van der Waals surface area contributed by atoms with E-state index in [4.69, 9.17) is 19.9 Å². The minimum Gasteiger partial charge on any atom is -0.397 e. The number of methoxy groups -OCH3 is 1. The molecular formula is C16H24N4O3. The van der Waals surface area contributed by atoms with Gasteiger partial charge >= 0.3 is 0 Å². The van der Waals surface area contributed by atoms with Crippen LogP contribution < -0.4 is 5.73 Å². The third-order valence-electron chi connectivity index (χ3n) is 4.16. The number of nitrogens with zero attached hydrogens (tertiary/aromatic N) is 3. The summed E-state index contributed by atoms with van der Waals surface area (Å²) in [5.41, 5.74) is 7.93. The van der Waals surface area contributed by atoms with Crippen molar-refractivity contribution in [2.75, 3.05) is 12.8 Å². The maximum absolute atomic E-state index is 6.21. The molecule has 3 rings (SSSR count). The molecule has 1 aliphatic rings. The zero-order chi connectivity index (χ0) is 16.6. The van der Waals surface area contributed by atoms with E-state index in [-0.39, 0.29) is 30.6 Å². The van der Waals surface area contributed by atoms with Crippen LogP contribution >= 0.6 is 0 Å². The molecule has 0 aliphatic carbocycles. The van der Waals surface area contributed by atoms with Crippen molar-refractivity contribution < 1.29 is 14.2 Å². The topological polar surface area (TPSA) is 84.4 Å². The first-order valence-electron chi connectivity index (χ1n) is 7.97. The summed E-state index contributed by atoms with van der Waals surface area (Å²) in [6.45, 7) is 6.11. The first-order valence-corrected chi connectivity index (χ1v) is 7.97. The van der Waals surface area contributed by atoms with E-state index in [1.807, 2.05) is 18.4 Å². The standard InChI is InChI=1S/C16H24N4O3/c1-5-11-13(22-9(2)3)14(21-4)16(23-11)20-8-19-12-10(17)6-7-18-15(12)20/h6-9,11,13-14,16H,5H2,1-4H3,(H2,17,18)/t11-,13+,14?,16-/m1/s1. The van der Waals surface area contributed by atoms with Crippen LogP contribution in [0.5, 0.6) is 0 Å². The smallest absolute Gasteiger partial charge is 0.166 e. The number of rotatable bonds is 5. The summed E-state index contributed by atoms with van der Waals surface area (Å²) >= 11 is 0. The Morgan fingerprint density at radius 3 is 2.78 bits per heavy atom. The number of nitrogens with two attached hydrogens (primary N) is 1. The number of anilines is 1. The minimum absolute atomic E-state index is 0.0362. The summed E-state index contributed by atoms with van der Waals surface area (Å²) in [6, 6.07) is 1.74. The predicted octanol–water partition coefficient (Wildman–Crippen LogP) is 2.13. The number of fused-ring (bicyclic) bond motifs is 1. The molecule has 1 unspecified atom stereocenters. The van der Waals surface area contributed by atoms with E-state index in [1.54, 1.807) is 25.7 Å². The molecule has 0 amide bonds. The van der Waals surface area contributed by atoms with Crippen molar-refractivity contribution in [3.63, 3.8) is 0 Å². The number of imidazole rings is 1. The van der Waals surface area contributed by atoms with Crippen molar-refractivity contribution in [3.05, 3.63) is 18.6 Å². The van der Waals surface area contributed by atoms with Crippen LogP contribution in [0.15, 0.2) is 18.6 Å². The summed E-state index contributed by atoms with van der Waals surface area (Å²) in [5.74, 6) is 0. The number of hydrogen-bond donors (Lipinski definition) is 1. The Balaban J connectivity index is 1.99. The van der Waals surface area contributed by atoms with Gasteiger partial charge in [0.1, 0.15) is 17.7 Å². The summed E-state index contributed by atoms with van der Waals surface area (Å²) < 4.78 is 19.9. The number of nitrogen functional groups attached to an aromatic ring is 1. The van der Waals surface area contributed by atoms with Gasteiger partial charge in [0.25, 0.3) is 0 Å². The molecule has 2 aromatic rings. The van der Waals surface area contributed by atoms with Crippen molar-refractivity contribution in [2.24, 2.45) is 0 Å². The van der Waals surface area contributed by atoms with Crippen LogP contribution in [0.3, 0.4) is 0 Å². The Morgan fingerprint density at radius 1 is 1.35 bits per heavy atom. The average molecular weight is 320 g/mol. The summed E-state index contributed by atoms with van der Waals surface area (Å²) in [7, 11) is 1.68. The molecule has 4 atom stereocenters. The number of ether oxygens (including phenoxy) is 3. The van der Waals surface area contributed by atoms with Crippen molar-refractivity contribution in [1.29, 1.82) is 0 Å². The molecule has 2 aromatic heterocycles. The second kappa shape index (κ2) is 6.43. The zero-order valence-corrected chi connectivity index (χ0v) is 14.0. The quantitative estimate of drug-likeness (QED) is 0.908. The Morgan fingerprint density at radius 2 is 2.13 bits per heavy atom. The lowest BCUT2D eigenvalue weighted by atomic mass is 10.1. The molecule has 1 aliphatic heterocycles. The van der Waals surface area contributed by atoms with Gasteiger partial charge in [0.05, 0.1) is 24.2 Å². The van der Waals surface area contributed by atoms with Gasteiger partial charge in [-0.2, -0.15) is 0 Å². The molecule has 0 bridgehead atoms. The normalized spacial score (nSPS) is 28.0. The van der Waals surface area contributed by atoms with Crippen molar-refractivity contribution in [3.8, 4) is 0 Å². The fourth-order valence-corrected chi connectivity index (χ4v) is 3.13. The zero-order valence-electron chi connectivity index (χ0n) is 14.0. The van der Waals surface area contributed by atoms with Crippen LogP contribution in [0.4, 0.5) is 5.69 Å². The highest BCUT2D eigenvalue weighted by molar-refractivity contribution is 5.83. The van der Waals surface area contributed by atoms with Crippen LogP contribution in [0.2, 0.25) is 0 Å².